The summed E-state index contributed by atoms with van der Waals surface area (Å²) in [6.07, 6.45) is 0.640. The molecule has 0 radical (unpaired) electrons. The Morgan fingerprint density at radius 3 is 2.58 bits per heavy atom. The minimum absolute atomic E-state index is 0.0817. The van der Waals surface area contributed by atoms with Gasteiger partial charge in [0.25, 0.3) is 0 Å². The molecular weight excluding hydrogens is 241 g/mol. The Morgan fingerprint density at radius 1 is 1.16 bits per heavy atom. The van der Waals surface area contributed by atoms with Crippen LogP contribution in [0.15, 0.2) is 48.5 Å². The molecule has 0 saturated heterocycles. The van der Waals surface area contributed by atoms with Crippen molar-refractivity contribution in [2.75, 3.05) is 5.32 Å². The van der Waals surface area contributed by atoms with Crippen LogP contribution in [-0.2, 0) is 10.2 Å². The molecule has 1 heterocycles. The molecule has 2 nitrogen and oxygen atoms in total. The van der Waals surface area contributed by atoms with Crippen molar-refractivity contribution in [1.29, 1.82) is 0 Å². The molecule has 1 unspecified atom stereocenters. The van der Waals surface area contributed by atoms with Crippen LogP contribution in [0.3, 0.4) is 0 Å². The Bertz CT molecular complexity index is 638. The number of halogens is 1. The Balaban J connectivity index is 2.26. The quantitative estimate of drug-likeness (QED) is 0.874. The lowest BCUT2D eigenvalue weighted by Gasteiger charge is -2.26. The van der Waals surface area contributed by atoms with Crippen molar-refractivity contribution >= 4 is 11.6 Å². The highest BCUT2D eigenvalue weighted by atomic mass is 19.1. The van der Waals surface area contributed by atoms with E-state index < -0.39 is 5.41 Å². The molecule has 0 saturated carbocycles. The minimum Gasteiger partial charge on any atom is -0.325 e. The van der Waals surface area contributed by atoms with Crippen LogP contribution in [-0.4, -0.2) is 5.91 Å². The van der Waals surface area contributed by atoms with E-state index in [1.165, 1.54) is 12.1 Å². The maximum Gasteiger partial charge on any atom is 0.239 e. The zero-order chi connectivity index (χ0) is 13.5. The van der Waals surface area contributed by atoms with Gasteiger partial charge in [0.1, 0.15) is 11.2 Å². The van der Waals surface area contributed by atoms with Gasteiger partial charge in [-0.25, -0.2) is 4.39 Å². The number of amides is 1. The first-order valence-electron chi connectivity index (χ1n) is 6.35. The molecule has 3 heteroatoms. The summed E-state index contributed by atoms with van der Waals surface area (Å²) < 4.78 is 13.3. The summed E-state index contributed by atoms with van der Waals surface area (Å²) in [5.74, 6) is -0.416. The minimum atomic E-state index is -0.704. The van der Waals surface area contributed by atoms with Gasteiger partial charge in [0.2, 0.25) is 5.91 Å². The third kappa shape index (κ3) is 1.58. The summed E-state index contributed by atoms with van der Waals surface area (Å²) in [6, 6.07) is 14.1. The average Bonchev–Trinajstić information content (AvgIpc) is 2.71. The summed E-state index contributed by atoms with van der Waals surface area (Å²) in [6.45, 7) is 1.98. The number of carbonyl (C=O) groups is 1. The zero-order valence-electron chi connectivity index (χ0n) is 10.6. The highest BCUT2D eigenvalue weighted by molar-refractivity contribution is 6.08. The van der Waals surface area contributed by atoms with E-state index in [0.29, 0.717) is 12.1 Å². The van der Waals surface area contributed by atoms with E-state index in [9.17, 15) is 9.18 Å². The molecular formula is C16H14FNO. The number of rotatable bonds is 2. The molecule has 19 heavy (non-hydrogen) atoms. The van der Waals surface area contributed by atoms with Gasteiger partial charge < -0.3 is 5.32 Å². The second-order valence-electron chi connectivity index (χ2n) is 4.77. The first-order chi connectivity index (χ1) is 9.18. The van der Waals surface area contributed by atoms with E-state index in [1.54, 1.807) is 6.07 Å². The summed E-state index contributed by atoms with van der Waals surface area (Å²) in [7, 11) is 0. The maximum atomic E-state index is 13.3. The van der Waals surface area contributed by atoms with Crippen LogP contribution in [0.5, 0.6) is 0 Å². The van der Waals surface area contributed by atoms with Gasteiger partial charge in [-0.15, -0.1) is 0 Å². The zero-order valence-corrected chi connectivity index (χ0v) is 10.6. The Hall–Kier alpha value is -2.16. The highest BCUT2D eigenvalue weighted by Gasteiger charge is 2.46. The summed E-state index contributed by atoms with van der Waals surface area (Å²) in [4.78, 5) is 12.5. The van der Waals surface area contributed by atoms with Crippen LogP contribution in [0.4, 0.5) is 10.1 Å². The third-order valence-electron chi connectivity index (χ3n) is 3.87. The monoisotopic (exact) mass is 255 g/mol. The highest BCUT2D eigenvalue weighted by Crippen LogP contribution is 2.45. The molecule has 0 aliphatic carbocycles. The van der Waals surface area contributed by atoms with E-state index in [0.717, 1.165) is 11.1 Å². The van der Waals surface area contributed by atoms with Gasteiger partial charge >= 0.3 is 0 Å². The summed E-state index contributed by atoms with van der Waals surface area (Å²) >= 11 is 0. The number of hydrogen-bond donors (Lipinski definition) is 1. The number of anilines is 1. The van der Waals surface area contributed by atoms with E-state index in [1.807, 2.05) is 37.3 Å². The van der Waals surface area contributed by atoms with Crippen molar-refractivity contribution in [2.45, 2.75) is 18.8 Å². The van der Waals surface area contributed by atoms with Crippen LogP contribution >= 0.6 is 0 Å². The van der Waals surface area contributed by atoms with Crippen molar-refractivity contribution < 1.29 is 9.18 Å². The molecule has 1 atom stereocenters. The van der Waals surface area contributed by atoms with Gasteiger partial charge in [-0.3, -0.25) is 4.79 Å². The van der Waals surface area contributed by atoms with Gasteiger partial charge in [0.05, 0.1) is 0 Å². The fourth-order valence-corrected chi connectivity index (χ4v) is 2.91. The van der Waals surface area contributed by atoms with Crippen molar-refractivity contribution in [2.24, 2.45) is 0 Å². The van der Waals surface area contributed by atoms with Crippen LogP contribution in [0.25, 0.3) is 0 Å². The average molecular weight is 255 g/mol. The molecule has 96 valence electrons. The number of carbonyl (C=O) groups excluding carboxylic acids is 1. The van der Waals surface area contributed by atoms with Gasteiger partial charge in [-0.1, -0.05) is 43.3 Å². The lowest BCUT2D eigenvalue weighted by Crippen LogP contribution is -2.34. The van der Waals surface area contributed by atoms with E-state index in [4.69, 9.17) is 0 Å². The number of nitrogens with one attached hydrogen (secondary N) is 1. The first kappa shape index (κ1) is 11.9. The van der Waals surface area contributed by atoms with Gasteiger partial charge in [0.15, 0.2) is 0 Å². The largest absolute Gasteiger partial charge is 0.325 e. The molecule has 2 aromatic carbocycles. The lowest BCUT2D eigenvalue weighted by molar-refractivity contribution is -0.119. The van der Waals surface area contributed by atoms with Crippen LogP contribution < -0.4 is 5.32 Å². The molecule has 2 aromatic rings. The van der Waals surface area contributed by atoms with E-state index >= 15 is 0 Å². The lowest BCUT2D eigenvalue weighted by atomic mass is 9.73. The van der Waals surface area contributed by atoms with Gasteiger partial charge in [0, 0.05) is 5.69 Å². The predicted molar refractivity (Wildman–Crippen MR) is 72.5 cm³/mol. The van der Waals surface area contributed by atoms with Crippen LogP contribution in [0.2, 0.25) is 0 Å². The number of hydrogen-bond acceptors (Lipinski definition) is 1. The van der Waals surface area contributed by atoms with Crippen molar-refractivity contribution in [1.82, 2.24) is 0 Å². The molecule has 1 N–H and O–H groups in total. The Morgan fingerprint density at radius 2 is 1.89 bits per heavy atom. The predicted octanol–water partition coefficient (Wildman–Crippen LogP) is 3.47. The third-order valence-corrected chi connectivity index (χ3v) is 3.87. The topological polar surface area (TPSA) is 29.1 Å². The van der Waals surface area contributed by atoms with Gasteiger partial charge in [-0.2, -0.15) is 0 Å². The SMILES string of the molecule is CCC1(c2ccccc2)C(=O)Nc2cc(F)ccc21. The van der Waals surface area contributed by atoms with Crippen molar-refractivity contribution in [3.05, 3.63) is 65.5 Å². The fraction of sp³-hybridized carbons (Fsp3) is 0.188. The molecule has 1 aliphatic heterocycles. The standard InChI is InChI=1S/C16H14FNO/c1-2-16(11-6-4-3-5-7-11)13-9-8-12(17)10-14(13)18-15(16)19/h3-10H,2H2,1H3,(H,18,19). The van der Waals surface area contributed by atoms with E-state index in [2.05, 4.69) is 5.32 Å². The van der Waals surface area contributed by atoms with Crippen molar-refractivity contribution in [3.8, 4) is 0 Å². The van der Waals surface area contributed by atoms with E-state index in [-0.39, 0.29) is 11.7 Å². The molecule has 0 fully saturated rings. The molecule has 0 spiro atoms. The molecule has 3 rings (SSSR count). The number of benzene rings is 2. The van der Waals surface area contributed by atoms with Crippen molar-refractivity contribution in [3.63, 3.8) is 0 Å². The number of fused-ring (bicyclic) bond motifs is 1. The molecule has 0 bridgehead atoms. The van der Waals surface area contributed by atoms with Gasteiger partial charge in [-0.05, 0) is 29.7 Å². The Kier molecular flexibility index (Phi) is 2.63. The fourth-order valence-electron chi connectivity index (χ4n) is 2.91. The normalized spacial score (nSPS) is 21.1. The summed E-state index contributed by atoms with van der Waals surface area (Å²) in [5.41, 5.74) is 1.67. The van der Waals surface area contributed by atoms with Crippen LogP contribution in [0, 0.1) is 5.82 Å². The first-order valence-corrected chi connectivity index (χ1v) is 6.35. The smallest absolute Gasteiger partial charge is 0.239 e. The molecule has 1 aliphatic rings. The maximum absolute atomic E-state index is 13.3. The summed E-state index contributed by atoms with van der Waals surface area (Å²) in [5, 5.41) is 2.80. The second kappa shape index (κ2) is 4.19. The van der Waals surface area contributed by atoms with Crippen LogP contribution in [0.1, 0.15) is 24.5 Å². The second-order valence-corrected chi connectivity index (χ2v) is 4.77. The Labute approximate surface area is 111 Å². The molecule has 0 aromatic heterocycles. The molecule has 1 amide bonds.